The van der Waals surface area contributed by atoms with Crippen molar-refractivity contribution < 1.29 is 34.2 Å². The molecular formula is C43H60BBr2ClN4O7. The van der Waals surface area contributed by atoms with Crippen LogP contribution in [0.2, 0.25) is 0 Å². The fourth-order valence-corrected chi connectivity index (χ4v) is 6.27. The van der Waals surface area contributed by atoms with Crippen LogP contribution in [0.4, 0.5) is 0 Å². The monoisotopic (exact) mass is 948 g/mol. The lowest BCUT2D eigenvalue weighted by Crippen LogP contribution is -2.41. The number of nitrogens with one attached hydrogen (secondary N) is 1. The number of rotatable bonds is 6. The number of halogens is 3. The summed E-state index contributed by atoms with van der Waals surface area (Å²) in [6, 6.07) is 18.2. The van der Waals surface area contributed by atoms with Gasteiger partial charge in [0, 0.05) is 44.7 Å². The number of oxime groups is 2. The van der Waals surface area contributed by atoms with Crippen LogP contribution in [0.15, 0.2) is 85.5 Å². The first kappa shape index (κ1) is 51.2. The van der Waals surface area contributed by atoms with Crippen LogP contribution in [0.1, 0.15) is 128 Å². The van der Waals surface area contributed by atoms with Crippen LogP contribution in [0, 0.1) is 20.8 Å². The Hall–Kier alpha value is -2.92. The number of aryl methyl sites for hydroxylation is 3. The number of benzene rings is 3. The molecule has 0 radical (unpaired) electrons. The van der Waals surface area contributed by atoms with Crippen molar-refractivity contribution in [3.8, 4) is 0 Å². The van der Waals surface area contributed by atoms with Crippen molar-refractivity contribution in [2.75, 3.05) is 0 Å². The Labute approximate surface area is 367 Å². The maximum absolute atomic E-state index is 11.6. The molecule has 0 aromatic heterocycles. The summed E-state index contributed by atoms with van der Waals surface area (Å²) in [6.07, 6.45) is 3.32. The molecule has 3 N–H and O–H groups in total. The van der Waals surface area contributed by atoms with Crippen LogP contribution in [0.25, 0.3) is 0 Å². The van der Waals surface area contributed by atoms with E-state index >= 15 is 0 Å². The Balaban J connectivity index is 0.000000291. The fraction of sp³-hybridized carbons (Fsp3) is 0.465. The predicted molar refractivity (Wildman–Crippen MR) is 242 cm³/mol. The molecule has 0 amide bonds. The highest BCUT2D eigenvalue weighted by Crippen LogP contribution is 2.37. The van der Waals surface area contributed by atoms with Gasteiger partial charge in [-0.1, -0.05) is 109 Å². The van der Waals surface area contributed by atoms with E-state index in [1.807, 2.05) is 66.7 Å². The van der Waals surface area contributed by atoms with Crippen LogP contribution >= 0.6 is 43.6 Å². The number of carbonyl (C=O) groups is 1. The van der Waals surface area contributed by atoms with Gasteiger partial charge in [0.15, 0.2) is 5.78 Å². The first-order chi connectivity index (χ1) is 26.3. The minimum absolute atomic E-state index is 0. The highest BCUT2D eigenvalue weighted by Gasteiger charge is 2.52. The molecule has 1 fully saturated rings. The molecule has 11 nitrogen and oxygen atoms in total. The molecule has 318 valence electrons. The number of hydrogen-bond donors (Lipinski definition) is 3. The molecule has 1 saturated heterocycles. The third-order valence-corrected chi connectivity index (χ3v) is 11.4. The van der Waals surface area contributed by atoms with Gasteiger partial charge in [-0.25, -0.2) is 0 Å². The smallest absolute Gasteiger partial charge is 0.399 e. The summed E-state index contributed by atoms with van der Waals surface area (Å²) in [6.45, 7) is 26.5. The van der Waals surface area contributed by atoms with E-state index in [0.29, 0.717) is 0 Å². The number of ketones is 1. The van der Waals surface area contributed by atoms with E-state index < -0.39 is 0 Å². The summed E-state index contributed by atoms with van der Waals surface area (Å²) in [5.41, 5.74) is 10.7. The Kier molecular flexibility index (Phi) is 18.6. The number of hydrogen-bond acceptors (Lipinski definition) is 11. The quantitative estimate of drug-likeness (QED) is 0.0726. The summed E-state index contributed by atoms with van der Waals surface area (Å²) in [4.78, 5) is 22.5. The van der Waals surface area contributed by atoms with Gasteiger partial charge < -0.3 is 19.0 Å². The number of allylic oxidation sites excluding steroid dienone is 2. The van der Waals surface area contributed by atoms with Gasteiger partial charge in [-0.3, -0.25) is 15.2 Å². The van der Waals surface area contributed by atoms with E-state index in [1.165, 1.54) is 11.2 Å². The number of carbonyl (C=O) groups excluding carboxylic acids is 1. The van der Waals surface area contributed by atoms with Crippen molar-refractivity contribution in [3.63, 3.8) is 0 Å². The average molecular weight is 951 g/mol. The van der Waals surface area contributed by atoms with E-state index in [0.717, 1.165) is 72.1 Å². The van der Waals surface area contributed by atoms with E-state index in [9.17, 15) is 4.79 Å². The lowest BCUT2D eigenvalue weighted by molar-refractivity contribution is -0.142. The SMILES string of the molecule is C.CC(C)=CC(=O)c1ccc(C)c(Br)c1.Cc1ccc(C2=NOC(C)(C)C2)cc1B1OC(C)(C)C(C)(C)O1.Cc1ccc(C2=NOC(C)(C)C2)cc1Br.ONN(O)Cl. The molecule has 0 unspecified atom stereocenters. The second kappa shape index (κ2) is 21.1. The van der Waals surface area contributed by atoms with Gasteiger partial charge in [-0.05, 0) is 135 Å². The molecule has 3 aliphatic rings. The van der Waals surface area contributed by atoms with Crippen molar-refractivity contribution in [2.24, 2.45) is 10.3 Å². The maximum atomic E-state index is 11.6. The van der Waals surface area contributed by atoms with Crippen molar-refractivity contribution in [1.29, 1.82) is 0 Å². The molecule has 6 rings (SSSR count). The number of hydrazine groups is 1. The largest absolute Gasteiger partial charge is 0.495 e. The molecular weight excluding hydrogens is 891 g/mol. The Morgan fingerprint density at radius 1 is 0.776 bits per heavy atom. The molecule has 3 aromatic rings. The molecule has 3 heterocycles. The predicted octanol–water partition coefficient (Wildman–Crippen LogP) is 11.1. The van der Waals surface area contributed by atoms with Crippen LogP contribution in [-0.4, -0.2) is 61.8 Å². The maximum Gasteiger partial charge on any atom is 0.495 e. The summed E-state index contributed by atoms with van der Waals surface area (Å²) in [5.74, 6) is 0.0608. The van der Waals surface area contributed by atoms with E-state index in [1.54, 1.807) is 6.08 Å². The third-order valence-electron chi connectivity index (χ3n) is 9.58. The van der Waals surface area contributed by atoms with Crippen LogP contribution in [0.5, 0.6) is 0 Å². The van der Waals surface area contributed by atoms with Crippen molar-refractivity contribution in [2.45, 2.75) is 133 Å². The van der Waals surface area contributed by atoms with Crippen LogP contribution in [0.3, 0.4) is 0 Å². The van der Waals surface area contributed by atoms with Gasteiger partial charge >= 0.3 is 7.12 Å². The molecule has 58 heavy (non-hydrogen) atoms. The van der Waals surface area contributed by atoms with E-state index in [2.05, 4.69) is 132 Å². The van der Waals surface area contributed by atoms with Crippen molar-refractivity contribution >= 4 is 73.4 Å². The summed E-state index contributed by atoms with van der Waals surface area (Å²) in [5, 5.41) is 23.4. The van der Waals surface area contributed by atoms with Gasteiger partial charge in [0.2, 0.25) is 0 Å². The Bertz CT molecular complexity index is 1980. The van der Waals surface area contributed by atoms with Gasteiger partial charge in [-0.15, -0.1) is 0 Å². The summed E-state index contributed by atoms with van der Waals surface area (Å²) >= 11 is 11.4. The van der Waals surface area contributed by atoms with Crippen molar-refractivity contribution in [1.82, 2.24) is 10.3 Å². The Morgan fingerprint density at radius 3 is 1.57 bits per heavy atom. The zero-order chi connectivity index (χ0) is 43.1. The zero-order valence-electron chi connectivity index (χ0n) is 35.2. The first-order valence-corrected chi connectivity index (χ1v) is 20.4. The van der Waals surface area contributed by atoms with Gasteiger partial charge in [0.25, 0.3) is 0 Å². The average Bonchev–Trinajstić information content (AvgIpc) is 3.74. The van der Waals surface area contributed by atoms with Crippen LogP contribution < -0.4 is 11.1 Å². The van der Waals surface area contributed by atoms with Crippen molar-refractivity contribution in [3.05, 3.63) is 109 Å². The second-order valence-corrected chi connectivity index (χ2v) is 18.7. The summed E-state index contributed by atoms with van der Waals surface area (Å²) < 4.78 is 14.4. The first-order valence-electron chi connectivity index (χ1n) is 18.5. The van der Waals surface area contributed by atoms with E-state index in [4.69, 9.17) is 29.4 Å². The molecule has 0 aliphatic carbocycles. The molecule has 0 spiro atoms. The third kappa shape index (κ3) is 14.7. The molecule has 3 aromatic carbocycles. The normalized spacial score (nSPS) is 17.7. The number of nitrogens with zero attached hydrogens (tertiary/aromatic N) is 3. The topological polar surface area (TPSA) is 134 Å². The lowest BCUT2D eigenvalue weighted by Gasteiger charge is -2.32. The minimum Gasteiger partial charge on any atom is -0.399 e. The van der Waals surface area contributed by atoms with Crippen LogP contribution in [-0.2, 0) is 19.0 Å². The van der Waals surface area contributed by atoms with Gasteiger partial charge in [-0.2, -0.15) is 0 Å². The summed E-state index contributed by atoms with van der Waals surface area (Å²) in [7, 11) is -0.351. The highest BCUT2D eigenvalue weighted by atomic mass is 79.9. The second-order valence-electron chi connectivity index (χ2n) is 16.7. The zero-order valence-corrected chi connectivity index (χ0v) is 39.1. The van der Waals surface area contributed by atoms with Gasteiger partial charge in [0.1, 0.15) is 11.2 Å². The minimum atomic E-state index is -0.351. The lowest BCUT2D eigenvalue weighted by atomic mass is 9.75. The molecule has 0 bridgehead atoms. The molecule has 0 atom stereocenters. The van der Waals surface area contributed by atoms with Gasteiger partial charge in [0.05, 0.1) is 22.6 Å². The molecule has 3 aliphatic heterocycles. The molecule has 0 saturated carbocycles. The fourth-order valence-electron chi connectivity index (χ4n) is 5.51. The van der Waals surface area contributed by atoms with E-state index in [-0.39, 0.29) is 47.4 Å². The standard InChI is InChI=1S/C18H26BNO3.C12H14BrNO.C12H13BrO.CH4.ClH3N2O2/c1-12-8-9-13(15-11-16(2,3)23-20-15)10-14(12)19-21-17(4,5)18(6,7)22-19;1-8-4-5-9(6-10(8)13)11-7-12(2,3)15-14-11;1-8(2)6-12(14)10-5-4-9(3)11(13)7-10;;1-3(5)2-4/h8-10H,11H2,1-7H3;4-6H,7H2,1-3H3;4-7H,1-3H3;1H4;2,4-5H. The Morgan fingerprint density at radius 2 is 1.19 bits per heavy atom. The highest BCUT2D eigenvalue weighted by molar-refractivity contribution is 9.10. The molecule has 15 heteroatoms.